The number of amides is 1. The number of aromatic nitrogens is 3. The molecule has 23 heavy (non-hydrogen) atoms. The van der Waals surface area contributed by atoms with Crippen LogP contribution < -0.4 is 10.5 Å². The van der Waals surface area contributed by atoms with Gasteiger partial charge in [0.2, 0.25) is 5.91 Å². The van der Waals surface area contributed by atoms with Gasteiger partial charge in [-0.3, -0.25) is 4.79 Å². The smallest absolute Gasteiger partial charge is 0.365 e. The third-order valence-corrected chi connectivity index (χ3v) is 3.02. The molecule has 0 saturated heterocycles. The number of esters is 1. The van der Waals surface area contributed by atoms with E-state index in [9.17, 15) is 9.59 Å². The number of hydrogen-bond acceptors (Lipinski definition) is 5. The molecule has 0 aliphatic heterocycles. The Morgan fingerprint density at radius 3 is 2.57 bits per heavy atom. The van der Waals surface area contributed by atoms with E-state index >= 15 is 0 Å². The van der Waals surface area contributed by atoms with Gasteiger partial charge in [0.1, 0.15) is 5.75 Å². The molecule has 0 unspecified atom stereocenters. The molecule has 2 N–H and O–H groups in total. The number of rotatable bonds is 4. The second-order valence-corrected chi connectivity index (χ2v) is 4.64. The first-order chi connectivity index (χ1) is 11.1. The fraction of sp³-hybridized carbons (Fsp3) is 0. The first-order valence-electron chi connectivity index (χ1n) is 6.73. The molecular formula is C16H12N4O3. The summed E-state index contributed by atoms with van der Waals surface area (Å²) in [7, 11) is 0. The van der Waals surface area contributed by atoms with Crippen LogP contribution in [0.4, 0.5) is 0 Å². The van der Waals surface area contributed by atoms with E-state index in [1.54, 1.807) is 12.1 Å². The van der Waals surface area contributed by atoms with Crippen molar-refractivity contribution in [3.8, 4) is 11.4 Å². The van der Waals surface area contributed by atoms with Gasteiger partial charge in [-0.05, 0) is 30.3 Å². The van der Waals surface area contributed by atoms with Gasteiger partial charge in [0, 0.05) is 5.56 Å². The maximum absolute atomic E-state index is 12.1. The number of nitrogens with zero attached hydrogens (tertiary/aromatic N) is 3. The highest BCUT2D eigenvalue weighted by molar-refractivity contribution is 5.93. The molecule has 1 aromatic heterocycles. The van der Waals surface area contributed by atoms with Crippen LogP contribution in [0.15, 0.2) is 60.8 Å². The molecule has 0 fully saturated rings. The summed E-state index contributed by atoms with van der Waals surface area (Å²) in [6.07, 6.45) is 1.31. The van der Waals surface area contributed by atoms with Crippen LogP contribution in [0, 0.1) is 0 Å². The summed E-state index contributed by atoms with van der Waals surface area (Å²) < 4.78 is 5.18. The van der Waals surface area contributed by atoms with E-state index in [4.69, 9.17) is 10.5 Å². The molecule has 3 aromatic rings. The Labute approximate surface area is 131 Å². The summed E-state index contributed by atoms with van der Waals surface area (Å²) in [6, 6.07) is 15.2. The molecule has 0 aliphatic carbocycles. The van der Waals surface area contributed by atoms with E-state index in [2.05, 4.69) is 10.2 Å². The van der Waals surface area contributed by atoms with Crippen LogP contribution in [0.1, 0.15) is 20.8 Å². The first kappa shape index (κ1) is 14.5. The Hall–Kier alpha value is -3.48. The lowest BCUT2D eigenvalue weighted by atomic mass is 10.2. The van der Waals surface area contributed by atoms with E-state index in [1.807, 2.05) is 30.3 Å². The van der Waals surface area contributed by atoms with Crippen LogP contribution in [-0.2, 0) is 0 Å². The van der Waals surface area contributed by atoms with Crippen molar-refractivity contribution in [2.45, 2.75) is 0 Å². The van der Waals surface area contributed by atoms with Gasteiger partial charge in [-0.25, -0.2) is 4.79 Å². The van der Waals surface area contributed by atoms with Gasteiger partial charge in [0.15, 0.2) is 5.69 Å². The Bertz CT molecular complexity index is 859. The first-order valence-corrected chi connectivity index (χ1v) is 6.73. The molecule has 0 bridgehead atoms. The standard InChI is InChI=1S/C16H12N4O3/c17-15(21)11-5-4-8-13(9-11)23-16(22)14-10-18-20(19-14)12-6-2-1-3-7-12/h1-10H,(H2,17,21). The van der Waals surface area contributed by atoms with Crippen LogP contribution in [0.2, 0.25) is 0 Å². The molecule has 0 spiro atoms. The highest BCUT2D eigenvalue weighted by atomic mass is 16.5. The Morgan fingerprint density at radius 2 is 1.83 bits per heavy atom. The fourth-order valence-corrected chi connectivity index (χ4v) is 1.91. The van der Waals surface area contributed by atoms with Crippen molar-refractivity contribution in [2.75, 3.05) is 0 Å². The van der Waals surface area contributed by atoms with Gasteiger partial charge >= 0.3 is 5.97 Å². The zero-order chi connectivity index (χ0) is 16.2. The van der Waals surface area contributed by atoms with E-state index < -0.39 is 11.9 Å². The maximum Gasteiger partial charge on any atom is 0.365 e. The van der Waals surface area contributed by atoms with Crippen LogP contribution in [0.5, 0.6) is 5.75 Å². The summed E-state index contributed by atoms with van der Waals surface area (Å²) in [4.78, 5) is 24.5. The lowest BCUT2D eigenvalue weighted by Crippen LogP contribution is -2.13. The van der Waals surface area contributed by atoms with Gasteiger partial charge in [-0.1, -0.05) is 24.3 Å². The fourth-order valence-electron chi connectivity index (χ4n) is 1.91. The van der Waals surface area contributed by atoms with Crippen molar-refractivity contribution in [1.29, 1.82) is 0 Å². The molecule has 1 amide bonds. The summed E-state index contributed by atoms with van der Waals surface area (Å²) in [6.45, 7) is 0. The third-order valence-electron chi connectivity index (χ3n) is 3.02. The predicted octanol–water partition coefficient (Wildman–Crippen LogP) is 1.59. The van der Waals surface area contributed by atoms with Gasteiger partial charge < -0.3 is 10.5 Å². The summed E-state index contributed by atoms with van der Waals surface area (Å²) in [5.74, 6) is -1.06. The lowest BCUT2D eigenvalue weighted by molar-refractivity contribution is 0.0727. The summed E-state index contributed by atoms with van der Waals surface area (Å²) in [5.41, 5.74) is 6.22. The number of para-hydroxylation sites is 1. The molecule has 7 heteroatoms. The van der Waals surface area contributed by atoms with Crippen LogP contribution in [0.25, 0.3) is 5.69 Å². The van der Waals surface area contributed by atoms with Crippen molar-refractivity contribution in [3.63, 3.8) is 0 Å². The van der Waals surface area contributed by atoms with Crippen LogP contribution >= 0.6 is 0 Å². The minimum atomic E-state index is -0.672. The topological polar surface area (TPSA) is 100 Å². The Kier molecular flexibility index (Phi) is 3.84. The number of hydrogen-bond donors (Lipinski definition) is 1. The highest BCUT2D eigenvalue weighted by Gasteiger charge is 2.14. The zero-order valence-corrected chi connectivity index (χ0v) is 11.9. The van der Waals surface area contributed by atoms with E-state index in [0.29, 0.717) is 0 Å². The van der Waals surface area contributed by atoms with E-state index in [0.717, 1.165) is 5.69 Å². The number of carbonyl (C=O) groups is 2. The Balaban J connectivity index is 1.78. The third kappa shape index (κ3) is 3.24. The lowest BCUT2D eigenvalue weighted by Gasteiger charge is -2.03. The van der Waals surface area contributed by atoms with Crippen molar-refractivity contribution >= 4 is 11.9 Å². The molecular weight excluding hydrogens is 296 g/mol. The number of benzene rings is 2. The molecule has 1 heterocycles. The molecule has 7 nitrogen and oxygen atoms in total. The molecule has 2 aromatic carbocycles. The molecule has 0 aliphatic rings. The van der Waals surface area contributed by atoms with E-state index in [-0.39, 0.29) is 17.0 Å². The molecule has 0 saturated carbocycles. The molecule has 114 valence electrons. The SMILES string of the molecule is NC(=O)c1cccc(OC(=O)c2cnn(-c3ccccc3)n2)c1. The molecule has 0 radical (unpaired) electrons. The number of nitrogens with two attached hydrogens (primary N) is 1. The Morgan fingerprint density at radius 1 is 1.04 bits per heavy atom. The van der Waals surface area contributed by atoms with Gasteiger partial charge in [0.05, 0.1) is 11.9 Å². The zero-order valence-electron chi connectivity index (χ0n) is 11.9. The van der Waals surface area contributed by atoms with Crippen molar-refractivity contribution < 1.29 is 14.3 Å². The molecule has 3 rings (SSSR count). The summed E-state index contributed by atoms with van der Waals surface area (Å²) >= 11 is 0. The van der Waals surface area contributed by atoms with Crippen LogP contribution in [0.3, 0.4) is 0 Å². The number of ether oxygens (including phenoxy) is 1. The monoisotopic (exact) mass is 308 g/mol. The van der Waals surface area contributed by atoms with Gasteiger partial charge in [-0.2, -0.15) is 9.90 Å². The van der Waals surface area contributed by atoms with Crippen molar-refractivity contribution in [3.05, 3.63) is 72.1 Å². The second kappa shape index (κ2) is 6.10. The maximum atomic E-state index is 12.1. The van der Waals surface area contributed by atoms with Crippen molar-refractivity contribution in [1.82, 2.24) is 15.0 Å². The van der Waals surface area contributed by atoms with Crippen LogP contribution in [-0.4, -0.2) is 26.9 Å². The minimum absolute atomic E-state index is 0.0540. The quantitative estimate of drug-likeness (QED) is 0.582. The van der Waals surface area contributed by atoms with Crippen molar-refractivity contribution in [2.24, 2.45) is 5.73 Å². The summed E-state index contributed by atoms with van der Waals surface area (Å²) in [5, 5.41) is 8.10. The number of carbonyl (C=O) groups excluding carboxylic acids is 2. The van der Waals surface area contributed by atoms with E-state index in [1.165, 1.54) is 23.1 Å². The average molecular weight is 308 g/mol. The van der Waals surface area contributed by atoms with Gasteiger partial charge in [-0.15, -0.1) is 5.10 Å². The largest absolute Gasteiger partial charge is 0.422 e. The average Bonchev–Trinajstić information content (AvgIpc) is 3.06. The molecule has 0 atom stereocenters. The predicted molar refractivity (Wildman–Crippen MR) is 81.3 cm³/mol. The minimum Gasteiger partial charge on any atom is -0.422 e. The number of primary amides is 1. The highest BCUT2D eigenvalue weighted by Crippen LogP contribution is 2.14. The second-order valence-electron chi connectivity index (χ2n) is 4.64. The van der Waals surface area contributed by atoms with Gasteiger partial charge in [0.25, 0.3) is 0 Å². The normalized spacial score (nSPS) is 10.3.